The maximum Gasteiger partial charge on any atom is 0.245 e. The van der Waals surface area contributed by atoms with Crippen LogP contribution in [-0.4, -0.2) is 145 Å². The van der Waals surface area contributed by atoms with Gasteiger partial charge < -0.3 is 88.2 Å². The van der Waals surface area contributed by atoms with Crippen molar-refractivity contribution in [3.63, 3.8) is 0 Å². The zero-order valence-electron chi connectivity index (χ0n) is 38.1. The van der Waals surface area contributed by atoms with E-state index in [1.165, 1.54) is 6.92 Å². The number of primary amides is 1. The number of amides is 8. The van der Waals surface area contributed by atoms with E-state index in [-0.39, 0.29) is 94.3 Å². The molecule has 0 aliphatic heterocycles. The van der Waals surface area contributed by atoms with Crippen molar-refractivity contribution in [2.45, 2.75) is 128 Å². The highest BCUT2D eigenvalue weighted by Gasteiger charge is 2.32. The molecule has 0 saturated heterocycles. The minimum absolute atomic E-state index is 0.0251. The Bertz CT molecular complexity index is 1660. The number of nitrogens with one attached hydrogen (secondary N) is 7. The minimum Gasteiger partial charge on any atom is -0.394 e. The lowest BCUT2D eigenvalue weighted by atomic mass is 10.0. The summed E-state index contributed by atoms with van der Waals surface area (Å²) in [6, 6.07) is -8.72. The molecule has 27 nitrogen and oxygen atoms in total. The Kier molecular flexibility index (Phi) is 28.2. The Labute approximate surface area is 379 Å². The fraction of sp³-hybridized carbons (Fsp3) is 0.711. The fourth-order valence-electron chi connectivity index (χ4n) is 5.88. The second kappa shape index (κ2) is 31.4. The first-order chi connectivity index (χ1) is 30.4. The van der Waals surface area contributed by atoms with Crippen molar-refractivity contribution in [3.8, 4) is 0 Å². The van der Waals surface area contributed by atoms with Crippen molar-refractivity contribution in [2.75, 3.05) is 32.8 Å². The van der Waals surface area contributed by atoms with Crippen LogP contribution in [-0.2, 0) is 38.4 Å². The van der Waals surface area contributed by atoms with Gasteiger partial charge in [-0.3, -0.25) is 53.3 Å². The molecule has 0 aromatic rings. The number of guanidine groups is 3. The van der Waals surface area contributed by atoms with Crippen molar-refractivity contribution in [2.24, 2.45) is 72.7 Å². The summed E-state index contributed by atoms with van der Waals surface area (Å²) in [4.78, 5) is 116. The van der Waals surface area contributed by atoms with Crippen LogP contribution in [0.5, 0.6) is 0 Å². The lowest BCUT2D eigenvalue weighted by Crippen LogP contribution is -2.59. The van der Waals surface area contributed by atoms with Gasteiger partial charge in [0, 0.05) is 19.6 Å². The number of rotatable bonds is 32. The van der Waals surface area contributed by atoms with Crippen molar-refractivity contribution < 1.29 is 43.5 Å². The molecule has 0 aromatic heterocycles. The molecule has 0 fully saturated rings. The van der Waals surface area contributed by atoms with Crippen molar-refractivity contribution >= 4 is 65.1 Å². The first-order valence-electron chi connectivity index (χ1n) is 21.3. The second-order valence-corrected chi connectivity index (χ2v) is 16.1. The highest BCUT2D eigenvalue weighted by atomic mass is 16.3. The Hall–Kier alpha value is -6.51. The summed E-state index contributed by atoms with van der Waals surface area (Å²) in [6.07, 6.45) is 1.06. The molecule has 0 aromatic carbocycles. The molecule has 0 saturated carbocycles. The van der Waals surface area contributed by atoms with E-state index in [2.05, 4.69) is 52.2 Å². The Morgan fingerprint density at radius 1 is 0.477 bits per heavy atom. The average Bonchev–Trinajstić information content (AvgIpc) is 3.20. The SMILES string of the molecule is CC(C)C[C@H](NC(=O)[C@H](C)NC(=O)[C@H](CO)NC(=O)CNC(=O)[C@@H](N)CC(C)C)C(=O)N[C@@H](CCCN=C(N)N)C(=O)N[C@@H](CCCN=C(N)N)C(=O)N[C@@H](CCCN=C(N)N)C(N)=O. The third kappa shape index (κ3) is 26.7. The van der Waals surface area contributed by atoms with E-state index < -0.39 is 103 Å². The summed E-state index contributed by atoms with van der Waals surface area (Å²) < 4.78 is 0. The number of nitrogens with zero attached hydrogens (tertiary/aromatic N) is 3. The van der Waals surface area contributed by atoms with Crippen LogP contribution < -0.4 is 83.1 Å². The summed E-state index contributed by atoms with van der Waals surface area (Å²) >= 11 is 0. The zero-order chi connectivity index (χ0) is 49.8. The average molecular weight is 927 g/mol. The molecule has 370 valence electrons. The van der Waals surface area contributed by atoms with Crippen molar-refractivity contribution in [1.29, 1.82) is 0 Å². The van der Waals surface area contributed by atoms with E-state index in [4.69, 9.17) is 45.9 Å². The van der Waals surface area contributed by atoms with Crippen LogP contribution in [0.4, 0.5) is 0 Å². The molecule has 0 aliphatic rings. The van der Waals surface area contributed by atoms with Crippen LogP contribution >= 0.6 is 0 Å². The summed E-state index contributed by atoms with van der Waals surface area (Å²) in [6.45, 7) is 7.50. The molecular formula is C38H74N18O9. The van der Waals surface area contributed by atoms with Crippen LogP contribution in [0.25, 0.3) is 0 Å². The predicted octanol–water partition coefficient (Wildman–Crippen LogP) is -6.91. The second-order valence-electron chi connectivity index (χ2n) is 16.1. The highest BCUT2D eigenvalue weighted by molar-refractivity contribution is 5.97. The summed E-state index contributed by atoms with van der Waals surface area (Å²) in [5.74, 6) is -7.05. The number of carbonyl (C=O) groups is 8. The maximum atomic E-state index is 14.0. The highest BCUT2D eigenvalue weighted by Crippen LogP contribution is 2.10. The predicted molar refractivity (Wildman–Crippen MR) is 243 cm³/mol. The number of aliphatic hydroxyl groups excluding tert-OH is 1. The van der Waals surface area contributed by atoms with Gasteiger partial charge in [-0.05, 0) is 70.1 Å². The summed E-state index contributed by atoms with van der Waals surface area (Å²) in [7, 11) is 0. The summed E-state index contributed by atoms with van der Waals surface area (Å²) in [5.41, 5.74) is 43.9. The third-order valence-electron chi connectivity index (χ3n) is 9.17. The van der Waals surface area contributed by atoms with E-state index in [0.29, 0.717) is 6.42 Å². The molecule has 0 bridgehead atoms. The van der Waals surface area contributed by atoms with Crippen LogP contribution in [0, 0.1) is 11.8 Å². The largest absolute Gasteiger partial charge is 0.394 e. The minimum atomic E-state index is -1.51. The van der Waals surface area contributed by atoms with Crippen LogP contribution in [0.2, 0.25) is 0 Å². The Morgan fingerprint density at radius 2 is 0.862 bits per heavy atom. The van der Waals surface area contributed by atoms with Gasteiger partial charge in [-0.25, -0.2) is 0 Å². The molecule has 0 aliphatic carbocycles. The standard InChI is InChI=1S/C38H74N18O9/c1-19(2)15-22(39)31(61)50-17-28(58)52-27(18-57)35(65)51-21(5)30(60)56-26(16-20(3)4)34(64)55-25(11-8-14-49-38(45)46)33(63)54-24(10-7-13-48-37(43)44)32(62)53-23(29(40)59)9-6-12-47-36(41)42/h19-27,57H,6-18,39H2,1-5H3,(H2,40,59)(H,50,61)(H,51,65)(H,52,58)(H,53,62)(H,54,63)(H,55,64)(H,56,60)(H4,41,42,47)(H4,43,44,48)(H4,45,46,49)/t21-,22-,23-,24-,25-,26-,27-/m0/s1. The molecule has 8 amide bonds. The van der Waals surface area contributed by atoms with E-state index in [1.807, 2.05) is 13.8 Å². The topological polar surface area (TPSA) is 486 Å². The van der Waals surface area contributed by atoms with E-state index in [1.54, 1.807) is 13.8 Å². The number of hydrogen-bond donors (Lipinski definition) is 16. The lowest BCUT2D eigenvalue weighted by Gasteiger charge is -2.27. The normalized spacial score (nSPS) is 14.1. The number of carbonyl (C=O) groups excluding carboxylic acids is 8. The molecule has 7 atom stereocenters. The number of nitrogens with two attached hydrogens (primary N) is 8. The first-order valence-corrected chi connectivity index (χ1v) is 21.3. The van der Waals surface area contributed by atoms with Gasteiger partial charge in [-0.15, -0.1) is 0 Å². The van der Waals surface area contributed by atoms with Crippen LogP contribution in [0.3, 0.4) is 0 Å². The molecule has 0 unspecified atom stereocenters. The maximum absolute atomic E-state index is 14.0. The van der Waals surface area contributed by atoms with Gasteiger partial charge in [0.15, 0.2) is 17.9 Å². The van der Waals surface area contributed by atoms with Gasteiger partial charge in [-0.1, -0.05) is 27.7 Å². The van der Waals surface area contributed by atoms with E-state index in [9.17, 15) is 43.5 Å². The Balaban J connectivity index is 6.20. The van der Waals surface area contributed by atoms with E-state index in [0.717, 1.165) is 0 Å². The summed E-state index contributed by atoms with van der Waals surface area (Å²) in [5, 5.41) is 27.2. The number of aliphatic imine (C=N–C) groups is 3. The van der Waals surface area contributed by atoms with Crippen LogP contribution in [0.15, 0.2) is 15.0 Å². The fourth-order valence-corrected chi connectivity index (χ4v) is 5.88. The monoisotopic (exact) mass is 927 g/mol. The smallest absolute Gasteiger partial charge is 0.245 e. The van der Waals surface area contributed by atoms with Gasteiger partial charge in [0.2, 0.25) is 47.3 Å². The molecular weight excluding hydrogens is 853 g/mol. The zero-order valence-corrected chi connectivity index (χ0v) is 38.1. The molecule has 0 spiro atoms. The van der Waals surface area contributed by atoms with Crippen molar-refractivity contribution in [1.82, 2.24) is 37.2 Å². The van der Waals surface area contributed by atoms with Gasteiger partial charge in [0.25, 0.3) is 0 Å². The Morgan fingerprint density at radius 3 is 1.26 bits per heavy atom. The number of hydrogen-bond acceptors (Lipinski definition) is 13. The quantitative estimate of drug-likeness (QED) is 0.0169. The van der Waals surface area contributed by atoms with Gasteiger partial charge >= 0.3 is 0 Å². The van der Waals surface area contributed by atoms with Crippen LogP contribution in [0.1, 0.15) is 86.0 Å². The number of aliphatic hydroxyl groups is 1. The van der Waals surface area contributed by atoms with Crippen molar-refractivity contribution in [3.05, 3.63) is 0 Å². The molecule has 0 rings (SSSR count). The molecule has 24 N–H and O–H groups in total. The molecule has 65 heavy (non-hydrogen) atoms. The molecule has 27 heteroatoms. The first kappa shape index (κ1) is 58.5. The molecule has 0 heterocycles. The van der Waals surface area contributed by atoms with Gasteiger partial charge in [0.1, 0.15) is 36.3 Å². The van der Waals surface area contributed by atoms with Gasteiger partial charge in [0.05, 0.1) is 19.2 Å². The molecule has 0 radical (unpaired) electrons. The van der Waals surface area contributed by atoms with Gasteiger partial charge in [-0.2, -0.15) is 0 Å². The lowest BCUT2D eigenvalue weighted by molar-refractivity contribution is -0.135. The van der Waals surface area contributed by atoms with E-state index >= 15 is 0 Å². The third-order valence-corrected chi connectivity index (χ3v) is 9.17.